The summed E-state index contributed by atoms with van der Waals surface area (Å²) in [7, 11) is -3.75. The lowest BCUT2D eigenvalue weighted by Gasteiger charge is -2.25. The van der Waals surface area contributed by atoms with E-state index in [0.717, 1.165) is 40.8 Å². The molecule has 2 aliphatic rings. The van der Waals surface area contributed by atoms with Crippen LogP contribution < -0.4 is 10.0 Å². The van der Waals surface area contributed by atoms with Gasteiger partial charge in [-0.05, 0) is 44.6 Å². The average Bonchev–Trinajstić information content (AvgIpc) is 3.54. The van der Waals surface area contributed by atoms with Crippen molar-refractivity contribution in [3.05, 3.63) is 47.1 Å². The van der Waals surface area contributed by atoms with E-state index in [0.29, 0.717) is 35.4 Å². The third-order valence-electron chi connectivity index (χ3n) is 7.20. The van der Waals surface area contributed by atoms with Gasteiger partial charge < -0.3 is 5.32 Å². The Balaban J connectivity index is 1.52. The van der Waals surface area contributed by atoms with E-state index in [1.807, 2.05) is 65.0 Å². The molecule has 212 valence electrons. The molecule has 1 amide bonds. The number of benzene rings is 2. The van der Waals surface area contributed by atoms with Crippen molar-refractivity contribution in [1.29, 1.82) is 0 Å². The van der Waals surface area contributed by atoms with Crippen LogP contribution in [0.15, 0.2) is 56.5 Å². The van der Waals surface area contributed by atoms with Gasteiger partial charge in [-0.1, -0.05) is 63.4 Å². The number of aromatic nitrogens is 1. The van der Waals surface area contributed by atoms with Gasteiger partial charge in [0.15, 0.2) is 17.5 Å². The maximum atomic E-state index is 13.3. The van der Waals surface area contributed by atoms with E-state index < -0.39 is 21.0 Å². The smallest absolute Gasteiger partial charge is 0.280 e. The Morgan fingerprint density at radius 2 is 1.77 bits per heavy atom. The van der Waals surface area contributed by atoms with Crippen molar-refractivity contribution in [1.82, 2.24) is 15.0 Å². The number of fused-ring (bicyclic) bond motifs is 1. The second-order valence-electron chi connectivity index (χ2n) is 12.2. The quantitative estimate of drug-likeness (QED) is 0.324. The predicted molar refractivity (Wildman–Crippen MR) is 159 cm³/mol. The second kappa shape index (κ2) is 10.8. The molecule has 0 saturated heterocycles. The molecule has 1 aliphatic carbocycles. The molecule has 1 fully saturated rings. The van der Waals surface area contributed by atoms with Crippen LogP contribution in [0.1, 0.15) is 69.4 Å². The SMILES string of the molecule is CC(C)(C)NS(=O)(=O)c1ccc(-c2sc(C(=O)NCC(C)(C)C3=NCN=N3)nc2CC2CCC2)c2ccccc12. The van der Waals surface area contributed by atoms with Gasteiger partial charge in [0.05, 0.1) is 15.5 Å². The summed E-state index contributed by atoms with van der Waals surface area (Å²) >= 11 is 1.36. The predicted octanol–water partition coefficient (Wildman–Crippen LogP) is 5.96. The largest absolute Gasteiger partial charge is 0.349 e. The molecule has 2 aromatic carbocycles. The summed E-state index contributed by atoms with van der Waals surface area (Å²) in [4.78, 5) is 23.6. The molecule has 3 aromatic rings. The highest BCUT2D eigenvalue weighted by atomic mass is 32.2. The molecule has 40 heavy (non-hydrogen) atoms. The molecule has 0 radical (unpaired) electrons. The number of azo groups is 1. The van der Waals surface area contributed by atoms with Gasteiger partial charge >= 0.3 is 0 Å². The molecule has 0 spiro atoms. The molecule has 0 atom stereocenters. The summed E-state index contributed by atoms with van der Waals surface area (Å²) in [6.07, 6.45) is 4.31. The van der Waals surface area contributed by atoms with Crippen molar-refractivity contribution in [2.45, 2.75) is 70.7 Å². The van der Waals surface area contributed by atoms with E-state index in [4.69, 9.17) is 4.98 Å². The number of carbonyl (C=O) groups is 1. The molecule has 1 aliphatic heterocycles. The standard InChI is InChI=1S/C29H36N6O3S2/c1-28(2,3)35-40(37,38)23-14-13-21(19-11-6-7-12-20(19)23)24-22(15-18-9-8-10-18)33-26(39-24)25(36)30-16-29(4,5)27-31-17-32-34-27/h6-7,11-14,18,35H,8-10,15-17H2,1-5H3,(H,30,36). The number of aliphatic imine (C=N–C) groups is 1. The Morgan fingerprint density at radius 3 is 2.40 bits per heavy atom. The molecule has 9 nitrogen and oxygen atoms in total. The van der Waals surface area contributed by atoms with Crippen LogP contribution in [0.2, 0.25) is 0 Å². The Kier molecular flexibility index (Phi) is 7.66. The van der Waals surface area contributed by atoms with Crippen molar-refractivity contribution < 1.29 is 13.2 Å². The van der Waals surface area contributed by atoms with Crippen LogP contribution in [0.25, 0.3) is 21.2 Å². The highest BCUT2D eigenvalue weighted by Gasteiger charge is 2.30. The summed E-state index contributed by atoms with van der Waals surface area (Å²) in [5.74, 6) is 0.927. The lowest BCUT2D eigenvalue weighted by atomic mass is 9.81. The maximum absolute atomic E-state index is 13.3. The summed E-state index contributed by atoms with van der Waals surface area (Å²) in [5, 5.41) is 12.9. The van der Waals surface area contributed by atoms with Crippen molar-refractivity contribution in [3.8, 4) is 10.4 Å². The van der Waals surface area contributed by atoms with Crippen LogP contribution >= 0.6 is 11.3 Å². The summed E-state index contributed by atoms with van der Waals surface area (Å²) in [6, 6.07) is 11.0. The molecule has 0 unspecified atom stereocenters. The first-order valence-corrected chi connectivity index (χ1v) is 15.9. The van der Waals surface area contributed by atoms with Crippen molar-refractivity contribution in [2.24, 2.45) is 26.6 Å². The van der Waals surface area contributed by atoms with Gasteiger partial charge in [-0.15, -0.1) is 16.5 Å². The van der Waals surface area contributed by atoms with E-state index in [-0.39, 0.29) is 10.8 Å². The number of carbonyl (C=O) groups excluding carboxylic acids is 1. The van der Waals surface area contributed by atoms with E-state index in [2.05, 4.69) is 25.3 Å². The second-order valence-corrected chi connectivity index (χ2v) is 14.9. The van der Waals surface area contributed by atoms with E-state index in [1.165, 1.54) is 17.8 Å². The van der Waals surface area contributed by atoms with Gasteiger partial charge in [0, 0.05) is 28.4 Å². The topological polar surface area (TPSA) is 125 Å². The van der Waals surface area contributed by atoms with Crippen LogP contribution in [0, 0.1) is 11.3 Å². The zero-order valence-corrected chi connectivity index (χ0v) is 25.2. The Bertz CT molecular complexity index is 1610. The lowest BCUT2D eigenvalue weighted by molar-refractivity contribution is 0.0944. The monoisotopic (exact) mass is 580 g/mol. The molecular weight excluding hydrogens is 544 g/mol. The van der Waals surface area contributed by atoms with Crippen LogP contribution in [0.4, 0.5) is 0 Å². The molecule has 2 heterocycles. The molecule has 1 saturated carbocycles. The number of rotatable bonds is 9. The van der Waals surface area contributed by atoms with E-state index >= 15 is 0 Å². The summed E-state index contributed by atoms with van der Waals surface area (Å²) in [5.41, 5.74) is 0.707. The normalized spacial score (nSPS) is 16.3. The fourth-order valence-corrected chi connectivity index (χ4v) is 7.64. The van der Waals surface area contributed by atoms with Crippen molar-refractivity contribution in [2.75, 3.05) is 13.2 Å². The molecule has 0 bridgehead atoms. The average molecular weight is 581 g/mol. The number of amides is 1. The Labute approximate surface area is 239 Å². The zero-order chi connectivity index (χ0) is 28.7. The number of sulfonamides is 1. The molecule has 1 aromatic heterocycles. The highest BCUT2D eigenvalue weighted by Crippen LogP contribution is 2.40. The lowest BCUT2D eigenvalue weighted by Crippen LogP contribution is -2.40. The maximum Gasteiger partial charge on any atom is 0.280 e. The van der Waals surface area contributed by atoms with Crippen LogP contribution in [-0.2, 0) is 16.4 Å². The Hall–Kier alpha value is -3.02. The van der Waals surface area contributed by atoms with E-state index in [1.54, 1.807) is 6.07 Å². The zero-order valence-electron chi connectivity index (χ0n) is 23.6. The first kappa shape index (κ1) is 28.5. The fourth-order valence-electron chi connectivity index (χ4n) is 4.96. The van der Waals surface area contributed by atoms with Crippen molar-refractivity contribution in [3.63, 3.8) is 0 Å². The first-order chi connectivity index (χ1) is 18.8. The highest BCUT2D eigenvalue weighted by molar-refractivity contribution is 7.89. The van der Waals surface area contributed by atoms with Crippen LogP contribution in [-0.4, -0.2) is 43.9 Å². The minimum Gasteiger partial charge on any atom is -0.349 e. The molecule has 5 rings (SSSR count). The fraction of sp³-hybridized carbons (Fsp3) is 0.483. The third kappa shape index (κ3) is 6.01. The number of nitrogens with zero attached hydrogens (tertiary/aromatic N) is 4. The molecule has 2 N–H and O–H groups in total. The number of nitrogens with one attached hydrogen (secondary N) is 2. The first-order valence-electron chi connectivity index (χ1n) is 13.6. The van der Waals surface area contributed by atoms with Gasteiger partial charge in [-0.25, -0.2) is 23.1 Å². The number of thiazole rings is 1. The molecular formula is C29H36N6O3S2. The number of hydrogen-bond acceptors (Lipinski definition) is 8. The van der Waals surface area contributed by atoms with Gasteiger partial charge in [0.1, 0.15) is 0 Å². The Morgan fingerprint density at radius 1 is 1.05 bits per heavy atom. The van der Waals surface area contributed by atoms with Crippen LogP contribution in [0.5, 0.6) is 0 Å². The number of amidine groups is 1. The third-order valence-corrected chi connectivity index (χ3v) is 10.1. The van der Waals surface area contributed by atoms with Crippen molar-refractivity contribution >= 4 is 43.9 Å². The summed E-state index contributed by atoms with van der Waals surface area (Å²) < 4.78 is 29.4. The minimum atomic E-state index is -3.75. The molecule has 11 heteroatoms. The van der Waals surface area contributed by atoms with Gasteiger partial charge in [0.2, 0.25) is 10.0 Å². The van der Waals surface area contributed by atoms with E-state index in [9.17, 15) is 13.2 Å². The van der Waals surface area contributed by atoms with Gasteiger partial charge in [0.25, 0.3) is 5.91 Å². The van der Waals surface area contributed by atoms with Gasteiger partial charge in [-0.3, -0.25) is 4.79 Å². The number of hydrogen-bond donors (Lipinski definition) is 2. The van der Waals surface area contributed by atoms with Crippen LogP contribution in [0.3, 0.4) is 0 Å². The van der Waals surface area contributed by atoms with Gasteiger partial charge in [-0.2, -0.15) is 5.11 Å². The summed E-state index contributed by atoms with van der Waals surface area (Å²) in [6.45, 7) is 10.1. The minimum absolute atomic E-state index is 0.235.